The fourth-order valence-electron chi connectivity index (χ4n) is 2.73. The van der Waals surface area contributed by atoms with Gasteiger partial charge in [0.05, 0.1) is 30.9 Å². The molecule has 9 heteroatoms. The van der Waals surface area contributed by atoms with Crippen LogP contribution in [0.5, 0.6) is 5.75 Å². The lowest BCUT2D eigenvalue weighted by Crippen LogP contribution is -2.40. The molecule has 0 unspecified atom stereocenters. The van der Waals surface area contributed by atoms with E-state index in [-0.39, 0.29) is 4.90 Å². The molecule has 1 saturated heterocycles. The zero-order chi connectivity index (χ0) is 20.0. The number of methoxy groups -OCH3 is 1. The standard InChI is InChI=1S/C19H23N3O4S2/c1-25-17-6-3-5-16(13-17)21-19(20)27-14-15-4-2-7-18(12-15)28(23,24)22-8-10-26-11-9-22/h2-7,12-13H,8-11,14H2,1H3,(H2,20,21). The summed E-state index contributed by atoms with van der Waals surface area (Å²) in [5.41, 5.74) is 7.58. The van der Waals surface area contributed by atoms with Gasteiger partial charge in [0, 0.05) is 24.9 Å². The van der Waals surface area contributed by atoms with E-state index in [0.29, 0.717) is 48.7 Å². The minimum Gasteiger partial charge on any atom is -0.497 e. The highest BCUT2D eigenvalue weighted by Crippen LogP contribution is 2.23. The van der Waals surface area contributed by atoms with E-state index in [1.165, 1.54) is 16.1 Å². The van der Waals surface area contributed by atoms with Crippen molar-refractivity contribution >= 4 is 32.6 Å². The van der Waals surface area contributed by atoms with Gasteiger partial charge in [0.15, 0.2) is 5.17 Å². The Morgan fingerprint density at radius 3 is 2.71 bits per heavy atom. The summed E-state index contributed by atoms with van der Waals surface area (Å²) in [6.07, 6.45) is 0. The van der Waals surface area contributed by atoms with Crippen molar-refractivity contribution in [3.63, 3.8) is 0 Å². The van der Waals surface area contributed by atoms with Gasteiger partial charge in [-0.15, -0.1) is 0 Å². The molecule has 0 atom stereocenters. The Bertz CT molecular complexity index is 942. The summed E-state index contributed by atoms with van der Waals surface area (Å²) >= 11 is 1.35. The minimum atomic E-state index is -3.51. The van der Waals surface area contributed by atoms with Gasteiger partial charge in [-0.1, -0.05) is 30.0 Å². The molecule has 0 spiro atoms. The second kappa shape index (κ2) is 9.42. The van der Waals surface area contributed by atoms with E-state index in [4.69, 9.17) is 15.2 Å². The lowest BCUT2D eigenvalue weighted by molar-refractivity contribution is 0.0730. The van der Waals surface area contributed by atoms with Crippen LogP contribution in [0, 0.1) is 0 Å². The number of ether oxygens (including phenoxy) is 2. The van der Waals surface area contributed by atoms with Crippen LogP contribution in [0.3, 0.4) is 0 Å². The first kappa shape index (κ1) is 20.7. The number of hydrogen-bond acceptors (Lipinski definition) is 6. The number of morpholine rings is 1. The van der Waals surface area contributed by atoms with Crippen LogP contribution in [-0.4, -0.2) is 51.3 Å². The molecule has 7 nitrogen and oxygen atoms in total. The van der Waals surface area contributed by atoms with Crippen LogP contribution in [0.25, 0.3) is 0 Å². The predicted octanol–water partition coefficient (Wildman–Crippen LogP) is 2.60. The van der Waals surface area contributed by atoms with Crippen LogP contribution in [0.4, 0.5) is 5.69 Å². The molecule has 0 bridgehead atoms. The average molecular weight is 422 g/mol. The molecular weight excluding hydrogens is 398 g/mol. The Kier molecular flexibility index (Phi) is 6.95. The SMILES string of the molecule is COc1cccc(N=C(N)SCc2cccc(S(=O)(=O)N3CCOCC3)c2)c1. The quantitative estimate of drug-likeness (QED) is 0.569. The van der Waals surface area contributed by atoms with Crippen molar-refractivity contribution in [3.8, 4) is 5.75 Å². The normalized spacial score (nSPS) is 16.1. The third kappa shape index (κ3) is 5.26. The number of rotatable bonds is 6. The van der Waals surface area contributed by atoms with E-state index in [1.807, 2.05) is 24.3 Å². The van der Waals surface area contributed by atoms with E-state index >= 15 is 0 Å². The predicted molar refractivity (Wildman–Crippen MR) is 112 cm³/mol. The lowest BCUT2D eigenvalue weighted by atomic mass is 10.2. The molecule has 3 rings (SSSR count). The van der Waals surface area contributed by atoms with E-state index in [2.05, 4.69) is 4.99 Å². The van der Waals surface area contributed by atoms with Gasteiger partial charge in [-0.25, -0.2) is 13.4 Å². The molecule has 150 valence electrons. The number of nitrogens with two attached hydrogens (primary N) is 1. The number of sulfonamides is 1. The maximum absolute atomic E-state index is 12.8. The first-order valence-corrected chi connectivity index (χ1v) is 11.2. The Hall–Kier alpha value is -2.07. The van der Waals surface area contributed by atoms with Crippen LogP contribution < -0.4 is 10.5 Å². The molecule has 0 aromatic heterocycles. The Morgan fingerprint density at radius 2 is 1.96 bits per heavy atom. The van der Waals surface area contributed by atoms with Crippen LogP contribution in [0.15, 0.2) is 58.4 Å². The summed E-state index contributed by atoms with van der Waals surface area (Å²) in [7, 11) is -1.91. The number of benzene rings is 2. The summed E-state index contributed by atoms with van der Waals surface area (Å²) in [5.74, 6) is 1.23. The average Bonchev–Trinajstić information content (AvgIpc) is 2.73. The smallest absolute Gasteiger partial charge is 0.243 e. The van der Waals surface area contributed by atoms with Gasteiger partial charge >= 0.3 is 0 Å². The molecule has 2 aromatic carbocycles. The minimum absolute atomic E-state index is 0.288. The third-order valence-corrected chi connectivity index (χ3v) is 6.94. The second-order valence-corrected chi connectivity index (χ2v) is 9.04. The van der Waals surface area contributed by atoms with Crippen molar-refractivity contribution in [2.75, 3.05) is 33.4 Å². The van der Waals surface area contributed by atoms with Gasteiger partial charge in [0.25, 0.3) is 0 Å². The summed E-state index contributed by atoms with van der Waals surface area (Å²) < 4.78 is 37.4. The number of nitrogens with zero attached hydrogens (tertiary/aromatic N) is 2. The highest BCUT2D eigenvalue weighted by molar-refractivity contribution is 8.13. The summed E-state index contributed by atoms with van der Waals surface area (Å²) in [6.45, 7) is 1.60. The van der Waals surface area contributed by atoms with Crippen molar-refractivity contribution in [1.29, 1.82) is 0 Å². The van der Waals surface area contributed by atoms with Gasteiger partial charge in [-0.05, 0) is 29.8 Å². The highest BCUT2D eigenvalue weighted by atomic mass is 32.2. The Labute approximate surface area is 169 Å². The maximum Gasteiger partial charge on any atom is 0.243 e. The third-order valence-electron chi connectivity index (χ3n) is 4.19. The number of aliphatic imine (C=N–C) groups is 1. The van der Waals surface area contributed by atoms with Gasteiger partial charge in [0.1, 0.15) is 5.75 Å². The molecule has 2 aromatic rings. The summed E-state index contributed by atoms with van der Waals surface area (Å²) in [4.78, 5) is 4.65. The molecule has 2 N–H and O–H groups in total. The first-order valence-electron chi connectivity index (χ1n) is 8.77. The topological polar surface area (TPSA) is 94.2 Å². The van der Waals surface area contributed by atoms with Gasteiger partial charge in [0.2, 0.25) is 10.0 Å². The van der Waals surface area contributed by atoms with Crippen molar-refractivity contribution in [1.82, 2.24) is 4.31 Å². The number of hydrogen-bond donors (Lipinski definition) is 1. The first-order chi connectivity index (χ1) is 13.5. The zero-order valence-corrected chi connectivity index (χ0v) is 17.2. The van der Waals surface area contributed by atoms with E-state index < -0.39 is 10.0 Å². The molecule has 0 amide bonds. The Balaban J connectivity index is 1.68. The van der Waals surface area contributed by atoms with Crippen molar-refractivity contribution < 1.29 is 17.9 Å². The fraction of sp³-hybridized carbons (Fsp3) is 0.316. The lowest BCUT2D eigenvalue weighted by Gasteiger charge is -2.26. The van der Waals surface area contributed by atoms with E-state index in [0.717, 1.165) is 5.56 Å². The zero-order valence-electron chi connectivity index (χ0n) is 15.6. The molecule has 28 heavy (non-hydrogen) atoms. The summed E-state index contributed by atoms with van der Waals surface area (Å²) in [5, 5.41) is 0.398. The van der Waals surface area contributed by atoms with Crippen LogP contribution in [0.2, 0.25) is 0 Å². The fourth-order valence-corrected chi connectivity index (χ4v) is 4.87. The molecule has 1 heterocycles. The largest absolute Gasteiger partial charge is 0.497 e. The molecular formula is C19H23N3O4S2. The molecule has 0 aliphatic carbocycles. The highest BCUT2D eigenvalue weighted by Gasteiger charge is 2.26. The maximum atomic E-state index is 12.8. The number of thioether (sulfide) groups is 1. The Morgan fingerprint density at radius 1 is 1.21 bits per heavy atom. The second-order valence-electron chi connectivity index (χ2n) is 6.10. The van der Waals surface area contributed by atoms with Gasteiger partial charge in [-0.3, -0.25) is 0 Å². The summed E-state index contributed by atoms with van der Waals surface area (Å²) in [6, 6.07) is 14.2. The molecule has 0 saturated carbocycles. The molecule has 1 aliphatic rings. The number of amidine groups is 1. The monoisotopic (exact) mass is 421 g/mol. The van der Waals surface area contributed by atoms with Crippen molar-refractivity contribution in [3.05, 3.63) is 54.1 Å². The molecule has 1 aliphatic heterocycles. The van der Waals surface area contributed by atoms with Crippen molar-refractivity contribution in [2.45, 2.75) is 10.6 Å². The van der Waals surface area contributed by atoms with Gasteiger partial charge in [-0.2, -0.15) is 4.31 Å². The van der Waals surface area contributed by atoms with Crippen LogP contribution in [0.1, 0.15) is 5.56 Å². The van der Waals surface area contributed by atoms with Crippen LogP contribution >= 0.6 is 11.8 Å². The van der Waals surface area contributed by atoms with Crippen molar-refractivity contribution in [2.24, 2.45) is 10.7 Å². The van der Waals surface area contributed by atoms with Gasteiger partial charge < -0.3 is 15.2 Å². The molecule has 0 radical (unpaired) electrons. The van der Waals surface area contributed by atoms with E-state index in [1.54, 1.807) is 31.4 Å². The van der Waals surface area contributed by atoms with Crippen LogP contribution in [-0.2, 0) is 20.5 Å². The van der Waals surface area contributed by atoms with E-state index in [9.17, 15) is 8.42 Å². The molecule has 1 fully saturated rings.